The molecule has 6 heteroatoms. The van der Waals surface area contributed by atoms with Crippen LogP contribution in [0.25, 0.3) is 0 Å². The van der Waals surface area contributed by atoms with E-state index in [4.69, 9.17) is 0 Å². The number of benzene rings is 1. The fraction of sp³-hybridized carbons (Fsp3) is 0.350. The predicted octanol–water partition coefficient (Wildman–Crippen LogP) is 2.04. The van der Waals surface area contributed by atoms with Crippen molar-refractivity contribution in [2.75, 3.05) is 34.2 Å². The second-order valence-corrected chi connectivity index (χ2v) is 6.47. The molecule has 0 aliphatic carbocycles. The van der Waals surface area contributed by atoms with Gasteiger partial charge in [0.25, 0.3) is 11.8 Å². The third-order valence-electron chi connectivity index (χ3n) is 3.88. The van der Waals surface area contributed by atoms with Crippen molar-refractivity contribution < 1.29 is 9.59 Å². The van der Waals surface area contributed by atoms with Gasteiger partial charge in [-0.05, 0) is 44.8 Å². The molecule has 0 atom stereocenters. The van der Waals surface area contributed by atoms with Crippen LogP contribution in [0.1, 0.15) is 33.0 Å². The molecule has 0 saturated heterocycles. The van der Waals surface area contributed by atoms with Crippen molar-refractivity contribution >= 4 is 11.8 Å². The lowest BCUT2D eigenvalue weighted by atomic mass is 10.2. The standard InChI is InChI=1S/C20H26N4O2/c1-23(2)14-8-13-21-19(25)17-11-7-12-18(22-17)20(26)24(3)15-16-9-5-4-6-10-16/h4-7,9-12H,8,13-15H2,1-3H3,(H,21,25). The SMILES string of the molecule is CN(C)CCCNC(=O)c1cccc(C(=O)N(C)Cc2ccccc2)n1. The average Bonchev–Trinajstić information content (AvgIpc) is 2.65. The molecule has 2 rings (SSSR count). The first-order chi connectivity index (χ1) is 12.5. The van der Waals surface area contributed by atoms with Crippen LogP contribution in [0.5, 0.6) is 0 Å². The molecule has 1 aromatic heterocycles. The minimum atomic E-state index is -0.260. The molecule has 26 heavy (non-hydrogen) atoms. The molecule has 0 aliphatic rings. The smallest absolute Gasteiger partial charge is 0.272 e. The van der Waals surface area contributed by atoms with Crippen LogP contribution in [-0.2, 0) is 6.54 Å². The third-order valence-corrected chi connectivity index (χ3v) is 3.88. The van der Waals surface area contributed by atoms with Crippen LogP contribution in [0.2, 0.25) is 0 Å². The fourth-order valence-electron chi connectivity index (χ4n) is 2.49. The van der Waals surface area contributed by atoms with E-state index < -0.39 is 0 Å². The van der Waals surface area contributed by atoms with Crippen LogP contribution < -0.4 is 5.32 Å². The number of pyridine rings is 1. The highest BCUT2D eigenvalue weighted by Crippen LogP contribution is 2.08. The molecule has 2 amide bonds. The first kappa shape index (κ1) is 19.6. The largest absolute Gasteiger partial charge is 0.351 e. The van der Waals surface area contributed by atoms with E-state index in [1.807, 2.05) is 44.4 Å². The third kappa shape index (κ3) is 5.97. The van der Waals surface area contributed by atoms with Gasteiger partial charge in [-0.3, -0.25) is 9.59 Å². The second kappa shape index (κ2) is 9.68. The number of carbonyl (C=O) groups is 2. The minimum absolute atomic E-state index is 0.212. The Hall–Kier alpha value is -2.73. The Labute approximate surface area is 154 Å². The Morgan fingerprint density at radius 3 is 2.35 bits per heavy atom. The number of amides is 2. The summed E-state index contributed by atoms with van der Waals surface area (Å²) < 4.78 is 0. The number of nitrogens with zero attached hydrogens (tertiary/aromatic N) is 3. The highest BCUT2D eigenvalue weighted by Gasteiger charge is 2.16. The molecule has 0 spiro atoms. The summed E-state index contributed by atoms with van der Waals surface area (Å²) in [5, 5.41) is 2.84. The molecule has 0 unspecified atom stereocenters. The van der Waals surface area contributed by atoms with Gasteiger partial charge in [0.05, 0.1) is 0 Å². The summed E-state index contributed by atoms with van der Waals surface area (Å²) in [6, 6.07) is 14.7. The number of hydrogen-bond donors (Lipinski definition) is 1. The van der Waals surface area contributed by atoms with Crippen LogP contribution >= 0.6 is 0 Å². The molecule has 0 aliphatic heterocycles. The summed E-state index contributed by atoms with van der Waals surface area (Å²) in [6.07, 6.45) is 0.858. The van der Waals surface area contributed by atoms with Gasteiger partial charge in [0, 0.05) is 20.1 Å². The van der Waals surface area contributed by atoms with Gasteiger partial charge >= 0.3 is 0 Å². The maximum Gasteiger partial charge on any atom is 0.272 e. The Morgan fingerprint density at radius 2 is 1.65 bits per heavy atom. The maximum atomic E-state index is 12.6. The zero-order valence-corrected chi connectivity index (χ0v) is 15.6. The summed E-state index contributed by atoms with van der Waals surface area (Å²) >= 11 is 0. The van der Waals surface area contributed by atoms with Crippen LogP contribution in [0.3, 0.4) is 0 Å². The molecule has 6 nitrogen and oxygen atoms in total. The zero-order chi connectivity index (χ0) is 18.9. The van der Waals surface area contributed by atoms with E-state index in [-0.39, 0.29) is 23.2 Å². The molecular weight excluding hydrogens is 328 g/mol. The van der Waals surface area contributed by atoms with Crippen molar-refractivity contribution in [3.05, 3.63) is 65.5 Å². The topological polar surface area (TPSA) is 65.5 Å². The molecule has 0 bridgehead atoms. The van der Waals surface area contributed by atoms with Gasteiger partial charge in [-0.15, -0.1) is 0 Å². The summed E-state index contributed by atoms with van der Waals surface area (Å²) in [7, 11) is 5.71. The van der Waals surface area contributed by atoms with Crippen LogP contribution in [0.15, 0.2) is 48.5 Å². The van der Waals surface area contributed by atoms with E-state index in [1.165, 1.54) is 0 Å². The van der Waals surface area contributed by atoms with E-state index in [9.17, 15) is 9.59 Å². The highest BCUT2D eigenvalue weighted by atomic mass is 16.2. The maximum absolute atomic E-state index is 12.6. The van der Waals surface area contributed by atoms with E-state index in [2.05, 4.69) is 15.2 Å². The van der Waals surface area contributed by atoms with Crippen molar-refractivity contribution in [1.82, 2.24) is 20.1 Å². The molecular formula is C20H26N4O2. The molecule has 0 fully saturated rings. The summed E-state index contributed by atoms with van der Waals surface area (Å²) in [6.45, 7) is 1.96. The Bertz CT molecular complexity index is 732. The Kier molecular flexibility index (Phi) is 7.29. The van der Waals surface area contributed by atoms with Gasteiger partial charge in [0.15, 0.2) is 0 Å². The van der Waals surface area contributed by atoms with Gasteiger partial charge in [0.1, 0.15) is 11.4 Å². The number of nitrogens with one attached hydrogen (secondary N) is 1. The lowest BCUT2D eigenvalue weighted by molar-refractivity contribution is 0.0779. The number of aromatic nitrogens is 1. The van der Waals surface area contributed by atoms with Crippen LogP contribution in [-0.4, -0.2) is 60.8 Å². The van der Waals surface area contributed by atoms with Crippen molar-refractivity contribution in [1.29, 1.82) is 0 Å². The van der Waals surface area contributed by atoms with Crippen molar-refractivity contribution in [2.24, 2.45) is 0 Å². The summed E-state index contributed by atoms with van der Waals surface area (Å²) in [5.74, 6) is -0.472. The predicted molar refractivity (Wildman–Crippen MR) is 102 cm³/mol. The Morgan fingerprint density at radius 1 is 0.962 bits per heavy atom. The molecule has 0 radical (unpaired) electrons. The van der Waals surface area contributed by atoms with E-state index in [1.54, 1.807) is 30.1 Å². The molecule has 2 aromatic rings. The zero-order valence-electron chi connectivity index (χ0n) is 15.6. The van der Waals surface area contributed by atoms with Gasteiger partial charge in [-0.2, -0.15) is 0 Å². The van der Waals surface area contributed by atoms with Crippen LogP contribution in [0, 0.1) is 0 Å². The number of rotatable bonds is 8. The summed E-state index contributed by atoms with van der Waals surface area (Å²) in [5.41, 5.74) is 1.57. The second-order valence-electron chi connectivity index (χ2n) is 6.47. The van der Waals surface area contributed by atoms with E-state index >= 15 is 0 Å². The van der Waals surface area contributed by atoms with Gasteiger partial charge in [-0.25, -0.2) is 4.98 Å². The normalized spacial score (nSPS) is 10.6. The van der Waals surface area contributed by atoms with Gasteiger partial charge in [0.2, 0.25) is 0 Å². The van der Waals surface area contributed by atoms with Gasteiger partial charge < -0.3 is 15.1 Å². The van der Waals surface area contributed by atoms with E-state index in [0.717, 1.165) is 18.5 Å². The van der Waals surface area contributed by atoms with E-state index in [0.29, 0.717) is 13.1 Å². The fourth-order valence-corrected chi connectivity index (χ4v) is 2.49. The number of hydrogen-bond acceptors (Lipinski definition) is 4. The first-order valence-corrected chi connectivity index (χ1v) is 8.66. The highest BCUT2D eigenvalue weighted by molar-refractivity contribution is 5.96. The quantitative estimate of drug-likeness (QED) is 0.737. The van der Waals surface area contributed by atoms with Crippen molar-refractivity contribution in [3.8, 4) is 0 Å². The van der Waals surface area contributed by atoms with Crippen LogP contribution in [0.4, 0.5) is 0 Å². The minimum Gasteiger partial charge on any atom is -0.351 e. The van der Waals surface area contributed by atoms with Crippen molar-refractivity contribution in [2.45, 2.75) is 13.0 Å². The van der Waals surface area contributed by atoms with Crippen molar-refractivity contribution in [3.63, 3.8) is 0 Å². The Balaban J connectivity index is 1.96. The lowest BCUT2D eigenvalue weighted by Crippen LogP contribution is -2.30. The lowest BCUT2D eigenvalue weighted by Gasteiger charge is -2.17. The number of carbonyl (C=O) groups excluding carboxylic acids is 2. The van der Waals surface area contributed by atoms with Gasteiger partial charge in [-0.1, -0.05) is 36.4 Å². The first-order valence-electron chi connectivity index (χ1n) is 8.66. The summed E-state index contributed by atoms with van der Waals surface area (Å²) in [4.78, 5) is 32.7. The molecule has 1 N–H and O–H groups in total. The molecule has 1 heterocycles. The molecule has 138 valence electrons. The molecule has 0 saturated carbocycles. The average molecular weight is 354 g/mol. The molecule has 1 aromatic carbocycles. The monoisotopic (exact) mass is 354 g/mol.